The van der Waals surface area contributed by atoms with E-state index < -0.39 is 24.8 Å². The van der Waals surface area contributed by atoms with E-state index >= 15 is 0 Å². The third-order valence-electron chi connectivity index (χ3n) is 4.81. The van der Waals surface area contributed by atoms with Gasteiger partial charge in [0.2, 0.25) is 5.89 Å². The highest BCUT2D eigenvalue weighted by Gasteiger charge is 2.44. The summed E-state index contributed by atoms with van der Waals surface area (Å²) < 4.78 is 35.2. The molecule has 0 saturated carbocycles. The molecule has 0 amide bonds. The Morgan fingerprint density at radius 3 is 2.19 bits per heavy atom. The van der Waals surface area contributed by atoms with Crippen molar-refractivity contribution in [3.05, 3.63) is 47.1 Å². The summed E-state index contributed by atoms with van der Waals surface area (Å²) in [4.78, 5) is 17.4. The van der Waals surface area contributed by atoms with Crippen LogP contribution in [0.5, 0.6) is 0 Å². The number of ether oxygens (including phenoxy) is 1. The molecular weight excluding hydrogens is 431 g/mol. The van der Waals surface area contributed by atoms with E-state index in [4.69, 9.17) is 18.3 Å². The Balaban J connectivity index is 2.29. The van der Waals surface area contributed by atoms with E-state index in [1.54, 1.807) is 34.6 Å². The van der Waals surface area contributed by atoms with Gasteiger partial charge in [-0.05, 0) is 52.2 Å². The van der Waals surface area contributed by atoms with Gasteiger partial charge in [0.1, 0.15) is 5.60 Å². The Bertz CT molecular complexity index is 909. The van der Waals surface area contributed by atoms with Crippen LogP contribution in [0.1, 0.15) is 77.2 Å². The van der Waals surface area contributed by atoms with Crippen LogP contribution in [0.2, 0.25) is 0 Å². The van der Waals surface area contributed by atoms with Crippen LogP contribution in [-0.4, -0.2) is 40.6 Å². The van der Waals surface area contributed by atoms with E-state index in [1.165, 1.54) is 5.56 Å². The predicted octanol–water partition coefficient (Wildman–Crippen LogP) is 5.30. The van der Waals surface area contributed by atoms with Crippen molar-refractivity contribution in [1.82, 2.24) is 10.1 Å². The molecule has 0 saturated heterocycles. The zero-order valence-corrected chi connectivity index (χ0v) is 21.0. The van der Waals surface area contributed by atoms with Crippen LogP contribution >= 0.6 is 7.60 Å². The van der Waals surface area contributed by atoms with Crippen LogP contribution in [0.15, 0.2) is 28.8 Å². The van der Waals surface area contributed by atoms with E-state index in [9.17, 15) is 9.36 Å². The van der Waals surface area contributed by atoms with Crippen molar-refractivity contribution in [3.8, 4) is 0 Å². The second kappa shape index (κ2) is 11.2. The molecule has 32 heavy (non-hydrogen) atoms. The molecular formula is C23H35N2O6P. The van der Waals surface area contributed by atoms with Gasteiger partial charge in [-0.25, -0.2) is 0 Å². The molecule has 1 aromatic heterocycles. The smallest absolute Gasteiger partial charge is 0.345 e. The predicted molar refractivity (Wildman–Crippen MR) is 122 cm³/mol. The number of benzene rings is 1. The Labute approximate surface area is 190 Å². The molecule has 0 fully saturated rings. The van der Waals surface area contributed by atoms with E-state index in [0.717, 1.165) is 12.0 Å². The number of hydrogen-bond acceptors (Lipinski definition) is 8. The molecule has 2 aromatic rings. The molecule has 0 radical (unpaired) electrons. The summed E-state index contributed by atoms with van der Waals surface area (Å²) in [5, 5.41) is 4.09. The summed E-state index contributed by atoms with van der Waals surface area (Å²) in [5.74, 6) is -0.142. The Hall–Kier alpha value is -2.02. The van der Waals surface area contributed by atoms with Crippen molar-refractivity contribution in [2.75, 3.05) is 13.2 Å². The normalized spacial score (nSPS) is 14.2. The van der Waals surface area contributed by atoms with E-state index in [0.29, 0.717) is 5.82 Å². The van der Waals surface area contributed by atoms with Gasteiger partial charge in [0.25, 0.3) is 0 Å². The van der Waals surface area contributed by atoms with E-state index in [1.807, 2.05) is 19.1 Å². The Morgan fingerprint density at radius 2 is 1.69 bits per heavy atom. The quantitative estimate of drug-likeness (QED) is 0.325. The first-order valence-electron chi connectivity index (χ1n) is 11.1. The molecule has 0 spiro atoms. The number of carbonyl (C=O) groups is 1. The highest BCUT2D eigenvalue weighted by Crippen LogP contribution is 2.54. The topological polar surface area (TPSA) is 101 Å². The molecule has 0 aliphatic carbocycles. The van der Waals surface area contributed by atoms with Crippen molar-refractivity contribution >= 4 is 13.6 Å². The fraction of sp³-hybridized carbons (Fsp3) is 0.609. The minimum atomic E-state index is -3.82. The minimum absolute atomic E-state index is 0.107. The average Bonchev–Trinajstić information content (AvgIpc) is 3.19. The molecule has 0 bridgehead atoms. The summed E-state index contributed by atoms with van der Waals surface area (Å²) in [5.41, 5.74) is 0.316. The largest absolute Gasteiger partial charge is 0.459 e. The fourth-order valence-corrected chi connectivity index (χ4v) is 5.00. The molecule has 9 heteroatoms. The molecule has 1 aromatic carbocycles. The lowest BCUT2D eigenvalue weighted by atomic mass is 9.99. The van der Waals surface area contributed by atoms with Crippen molar-refractivity contribution < 1.29 is 27.7 Å². The SMILES string of the molecule is CCOP(=O)(OCC)C(Cc1nc(C(C)c2ccc(CC)cc2)no1)C(=O)OC(C)(C)C. The van der Waals surface area contributed by atoms with Crippen molar-refractivity contribution in [2.45, 2.75) is 78.5 Å². The second-order valence-electron chi connectivity index (χ2n) is 8.49. The van der Waals surface area contributed by atoms with Crippen LogP contribution in [0.4, 0.5) is 0 Å². The first kappa shape index (κ1) is 26.2. The third kappa shape index (κ3) is 6.99. The minimum Gasteiger partial charge on any atom is -0.459 e. The monoisotopic (exact) mass is 466 g/mol. The van der Waals surface area contributed by atoms with Gasteiger partial charge in [0.15, 0.2) is 11.5 Å². The maximum atomic E-state index is 13.4. The lowest BCUT2D eigenvalue weighted by Crippen LogP contribution is -2.34. The number of esters is 1. The summed E-state index contributed by atoms with van der Waals surface area (Å²) in [6.45, 7) is 12.9. The first-order valence-corrected chi connectivity index (χ1v) is 12.7. The summed E-state index contributed by atoms with van der Waals surface area (Å²) >= 11 is 0. The number of hydrogen-bond donors (Lipinski definition) is 0. The second-order valence-corrected chi connectivity index (χ2v) is 10.7. The molecule has 0 aliphatic rings. The zero-order chi connectivity index (χ0) is 23.9. The highest BCUT2D eigenvalue weighted by atomic mass is 31.2. The van der Waals surface area contributed by atoms with Gasteiger partial charge in [0.05, 0.1) is 19.6 Å². The van der Waals surface area contributed by atoms with Crippen LogP contribution in [0.3, 0.4) is 0 Å². The molecule has 1 heterocycles. The molecule has 8 nitrogen and oxygen atoms in total. The number of aryl methyl sites for hydroxylation is 1. The average molecular weight is 467 g/mol. The van der Waals surface area contributed by atoms with E-state index in [-0.39, 0.29) is 31.4 Å². The summed E-state index contributed by atoms with van der Waals surface area (Å²) in [6, 6.07) is 8.24. The number of rotatable bonds is 11. The van der Waals surface area contributed by atoms with E-state index in [2.05, 4.69) is 29.2 Å². The first-order chi connectivity index (χ1) is 15.0. The maximum absolute atomic E-state index is 13.4. The highest BCUT2D eigenvalue weighted by molar-refractivity contribution is 7.55. The van der Waals surface area contributed by atoms with Crippen molar-refractivity contribution in [2.24, 2.45) is 0 Å². The molecule has 0 N–H and O–H groups in total. The van der Waals surface area contributed by atoms with Gasteiger partial charge < -0.3 is 18.3 Å². The molecule has 178 valence electrons. The van der Waals surface area contributed by atoms with Crippen molar-refractivity contribution in [3.63, 3.8) is 0 Å². The molecule has 0 aliphatic heterocycles. The molecule has 2 rings (SSSR count). The van der Waals surface area contributed by atoms with Crippen LogP contribution in [-0.2, 0) is 36.0 Å². The van der Waals surface area contributed by atoms with Gasteiger partial charge in [-0.15, -0.1) is 0 Å². The van der Waals surface area contributed by atoms with Gasteiger partial charge in [-0.3, -0.25) is 9.36 Å². The molecule has 2 unspecified atom stereocenters. The van der Waals surface area contributed by atoms with Crippen molar-refractivity contribution in [1.29, 1.82) is 0 Å². The zero-order valence-electron chi connectivity index (χ0n) is 20.1. The van der Waals surface area contributed by atoms with Crippen LogP contribution in [0, 0.1) is 0 Å². The van der Waals surface area contributed by atoms with Gasteiger partial charge >= 0.3 is 13.6 Å². The lowest BCUT2D eigenvalue weighted by Gasteiger charge is -2.27. The van der Waals surface area contributed by atoms with Crippen LogP contribution in [0.25, 0.3) is 0 Å². The Morgan fingerprint density at radius 1 is 1.09 bits per heavy atom. The van der Waals surface area contributed by atoms with Gasteiger partial charge in [-0.2, -0.15) is 4.98 Å². The number of nitrogens with zero attached hydrogens (tertiary/aromatic N) is 2. The lowest BCUT2D eigenvalue weighted by molar-refractivity contribution is -0.154. The molecule has 2 atom stereocenters. The maximum Gasteiger partial charge on any atom is 0.345 e. The summed E-state index contributed by atoms with van der Waals surface area (Å²) in [6.07, 6.45) is 0.855. The third-order valence-corrected chi connectivity index (χ3v) is 7.20. The number of carbonyl (C=O) groups excluding carboxylic acids is 1. The van der Waals surface area contributed by atoms with Gasteiger partial charge in [-0.1, -0.05) is 43.3 Å². The summed E-state index contributed by atoms with van der Waals surface area (Å²) in [7, 11) is -3.82. The standard InChI is InChI=1S/C23H35N2O6P/c1-8-17-11-13-18(14-12-17)16(4)21-24-20(31-25-21)15-19(22(26)30-23(5,6)7)32(27,28-9-2)29-10-3/h11-14,16,19H,8-10,15H2,1-7H3. The van der Waals surface area contributed by atoms with Gasteiger partial charge in [0, 0.05) is 5.92 Å². The van der Waals surface area contributed by atoms with Crippen LogP contribution < -0.4 is 0 Å². The number of aromatic nitrogens is 2. The fourth-order valence-electron chi connectivity index (χ4n) is 3.15. The Kier molecular flexibility index (Phi) is 9.19.